The number of nitrogens with two attached hydrogens (primary N) is 1. The summed E-state index contributed by atoms with van der Waals surface area (Å²) in [5, 5.41) is 2.05. The van der Waals surface area contributed by atoms with E-state index in [9.17, 15) is 0 Å². The fourth-order valence-electron chi connectivity index (χ4n) is 2.13. The molecule has 0 amide bonds. The molecular weight excluding hydrogens is 298 g/mol. The van der Waals surface area contributed by atoms with E-state index in [1.807, 2.05) is 0 Å². The monoisotopic (exact) mass is 309 g/mol. The van der Waals surface area contributed by atoms with Crippen LogP contribution in [-0.4, -0.2) is 6.61 Å². The minimum Gasteiger partial charge on any atom is -0.493 e. The Labute approximate surface area is 113 Å². The Balaban J connectivity index is 2.02. The molecule has 2 nitrogen and oxygen atoms in total. The molecule has 2 N–H and O–H groups in total. The van der Waals surface area contributed by atoms with Crippen LogP contribution < -0.4 is 10.5 Å². The van der Waals surface area contributed by atoms with Crippen molar-refractivity contribution in [3.8, 4) is 5.75 Å². The Morgan fingerprint density at radius 1 is 1.41 bits per heavy atom. The molecule has 1 aromatic carbocycles. The van der Waals surface area contributed by atoms with Gasteiger partial charge in [-0.1, -0.05) is 18.2 Å². The van der Waals surface area contributed by atoms with E-state index in [1.165, 1.54) is 5.56 Å². The minimum atomic E-state index is -0.0978. The Kier molecular flexibility index (Phi) is 2.94. The topological polar surface area (TPSA) is 35.2 Å². The molecule has 2 aromatic rings. The predicted molar refractivity (Wildman–Crippen MR) is 73.7 cm³/mol. The number of rotatable bonds is 2. The molecule has 1 aliphatic rings. The van der Waals surface area contributed by atoms with Gasteiger partial charge in [-0.3, -0.25) is 0 Å². The third-order valence-electron chi connectivity index (χ3n) is 2.97. The SMILES string of the molecule is NC(c1cc(Br)cs1)c1cccc2c1OCC2. The highest BCUT2D eigenvalue weighted by molar-refractivity contribution is 9.10. The lowest BCUT2D eigenvalue weighted by Gasteiger charge is -2.13. The maximum absolute atomic E-state index is 6.31. The first-order chi connectivity index (χ1) is 8.25. The lowest BCUT2D eigenvalue weighted by atomic mass is 10.0. The van der Waals surface area contributed by atoms with E-state index in [4.69, 9.17) is 10.5 Å². The van der Waals surface area contributed by atoms with Crippen molar-refractivity contribution in [2.24, 2.45) is 5.73 Å². The molecule has 2 heterocycles. The van der Waals surface area contributed by atoms with Gasteiger partial charge >= 0.3 is 0 Å². The number of hydrogen-bond acceptors (Lipinski definition) is 3. The summed E-state index contributed by atoms with van der Waals surface area (Å²) in [4.78, 5) is 1.15. The molecule has 3 rings (SSSR count). The van der Waals surface area contributed by atoms with E-state index < -0.39 is 0 Å². The van der Waals surface area contributed by atoms with Gasteiger partial charge in [0.25, 0.3) is 0 Å². The van der Waals surface area contributed by atoms with Crippen LogP contribution in [0.5, 0.6) is 5.75 Å². The summed E-state index contributed by atoms with van der Waals surface area (Å²) < 4.78 is 6.78. The van der Waals surface area contributed by atoms with Gasteiger partial charge in [0, 0.05) is 26.7 Å². The first-order valence-electron chi connectivity index (χ1n) is 5.50. The third kappa shape index (κ3) is 2.01. The molecule has 1 aromatic heterocycles. The number of fused-ring (bicyclic) bond motifs is 1. The van der Waals surface area contributed by atoms with Crippen LogP contribution in [0.3, 0.4) is 0 Å². The quantitative estimate of drug-likeness (QED) is 0.921. The van der Waals surface area contributed by atoms with Crippen molar-refractivity contribution in [1.29, 1.82) is 0 Å². The van der Waals surface area contributed by atoms with Crippen LogP contribution in [0.4, 0.5) is 0 Å². The zero-order chi connectivity index (χ0) is 11.8. The van der Waals surface area contributed by atoms with E-state index in [0.717, 1.165) is 33.7 Å². The summed E-state index contributed by atoms with van der Waals surface area (Å²) in [6.45, 7) is 0.771. The first kappa shape index (κ1) is 11.3. The summed E-state index contributed by atoms with van der Waals surface area (Å²) >= 11 is 5.13. The molecule has 4 heteroatoms. The fraction of sp³-hybridized carbons (Fsp3) is 0.231. The number of halogens is 1. The van der Waals surface area contributed by atoms with Gasteiger partial charge in [0.1, 0.15) is 5.75 Å². The molecular formula is C13H12BrNOS. The summed E-state index contributed by atoms with van der Waals surface area (Å²) in [7, 11) is 0. The highest BCUT2D eigenvalue weighted by Gasteiger charge is 2.21. The van der Waals surface area contributed by atoms with Crippen LogP contribution in [-0.2, 0) is 6.42 Å². The zero-order valence-corrected chi connectivity index (χ0v) is 11.6. The number of para-hydroxylation sites is 1. The summed E-state index contributed by atoms with van der Waals surface area (Å²) in [5.41, 5.74) is 8.68. The summed E-state index contributed by atoms with van der Waals surface area (Å²) in [6.07, 6.45) is 0.990. The largest absolute Gasteiger partial charge is 0.493 e. The Hall–Kier alpha value is -0.840. The average Bonchev–Trinajstić information content (AvgIpc) is 2.95. The molecule has 1 aliphatic heterocycles. The Bertz CT molecular complexity index is 552. The smallest absolute Gasteiger partial charge is 0.127 e. The van der Waals surface area contributed by atoms with Crippen LogP contribution in [0.1, 0.15) is 22.0 Å². The van der Waals surface area contributed by atoms with Crippen LogP contribution in [0.25, 0.3) is 0 Å². The lowest BCUT2D eigenvalue weighted by Crippen LogP contribution is -2.11. The van der Waals surface area contributed by atoms with Crippen molar-refractivity contribution in [2.45, 2.75) is 12.5 Å². The molecule has 1 atom stereocenters. The maximum atomic E-state index is 6.31. The summed E-state index contributed by atoms with van der Waals surface area (Å²) in [5.74, 6) is 0.990. The standard InChI is InChI=1S/C13H12BrNOS/c14-9-6-11(17-7-9)12(15)10-3-1-2-8-4-5-16-13(8)10/h1-3,6-7,12H,4-5,15H2. The van der Waals surface area contributed by atoms with Crippen LogP contribution in [0.2, 0.25) is 0 Å². The van der Waals surface area contributed by atoms with Gasteiger partial charge in [-0.15, -0.1) is 11.3 Å². The molecule has 17 heavy (non-hydrogen) atoms. The van der Waals surface area contributed by atoms with Gasteiger partial charge in [-0.2, -0.15) is 0 Å². The second kappa shape index (κ2) is 4.44. The normalized spacial score (nSPS) is 15.4. The molecule has 0 fully saturated rings. The van der Waals surface area contributed by atoms with E-state index in [2.05, 4.69) is 45.6 Å². The minimum absolute atomic E-state index is 0.0978. The molecule has 0 bridgehead atoms. The second-order valence-corrected chi connectivity index (χ2v) is 5.94. The van der Waals surface area contributed by atoms with Gasteiger partial charge in [0.15, 0.2) is 0 Å². The molecule has 0 aliphatic carbocycles. The lowest BCUT2D eigenvalue weighted by molar-refractivity contribution is 0.352. The van der Waals surface area contributed by atoms with Crippen molar-refractivity contribution < 1.29 is 4.74 Å². The van der Waals surface area contributed by atoms with Crippen molar-refractivity contribution in [3.05, 3.63) is 50.1 Å². The fourth-order valence-corrected chi connectivity index (χ4v) is 3.59. The second-order valence-electron chi connectivity index (χ2n) is 4.08. The Morgan fingerprint density at radius 3 is 3.06 bits per heavy atom. The number of thiophene rings is 1. The third-order valence-corrected chi connectivity index (χ3v) is 4.75. The van der Waals surface area contributed by atoms with Gasteiger partial charge < -0.3 is 10.5 Å². The van der Waals surface area contributed by atoms with Gasteiger partial charge in [-0.25, -0.2) is 0 Å². The number of hydrogen-bond donors (Lipinski definition) is 1. The van der Waals surface area contributed by atoms with Gasteiger partial charge in [0.2, 0.25) is 0 Å². The van der Waals surface area contributed by atoms with E-state index >= 15 is 0 Å². The summed E-state index contributed by atoms with van der Waals surface area (Å²) in [6, 6.07) is 8.21. The first-order valence-corrected chi connectivity index (χ1v) is 7.17. The molecule has 88 valence electrons. The number of ether oxygens (including phenoxy) is 1. The highest BCUT2D eigenvalue weighted by Crippen LogP contribution is 2.37. The van der Waals surface area contributed by atoms with Crippen molar-refractivity contribution in [2.75, 3.05) is 6.61 Å². The van der Waals surface area contributed by atoms with E-state index in [0.29, 0.717) is 0 Å². The van der Waals surface area contributed by atoms with Crippen molar-refractivity contribution in [3.63, 3.8) is 0 Å². The molecule has 1 unspecified atom stereocenters. The van der Waals surface area contributed by atoms with Gasteiger partial charge in [-0.05, 0) is 27.6 Å². The Morgan fingerprint density at radius 2 is 2.29 bits per heavy atom. The number of benzene rings is 1. The van der Waals surface area contributed by atoms with E-state index in [-0.39, 0.29) is 6.04 Å². The zero-order valence-electron chi connectivity index (χ0n) is 9.15. The van der Waals surface area contributed by atoms with Gasteiger partial charge in [0.05, 0.1) is 12.6 Å². The van der Waals surface area contributed by atoms with Crippen LogP contribution in [0, 0.1) is 0 Å². The maximum Gasteiger partial charge on any atom is 0.127 e. The molecule has 0 spiro atoms. The van der Waals surface area contributed by atoms with Crippen LogP contribution in [0.15, 0.2) is 34.1 Å². The highest BCUT2D eigenvalue weighted by atomic mass is 79.9. The predicted octanol–water partition coefficient (Wildman–Crippen LogP) is 3.49. The van der Waals surface area contributed by atoms with E-state index in [1.54, 1.807) is 11.3 Å². The molecule has 0 radical (unpaired) electrons. The molecule has 0 saturated heterocycles. The molecule has 0 saturated carbocycles. The van der Waals surface area contributed by atoms with Crippen molar-refractivity contribution >= 4 is 27.3 Å². The average molecular weight is 310 g/mol. The van der Waals surface area contributed by atoms with Crippen LogP contribution >= 0.6 is 27.3 Å². The van der Waals surface area contributed by atoms with Crippen molar-refractivity contribution in [1.82, 2.24) is 0 Å².